The lowest BCUT2D eigenvalue weighted by atomic mass is 10.0. The van der Waals surface area contributed by atoms with Crippen molar-refractivity contribution in [1.29, 1.82) is 0 Å². The molecule has 0 saturated carbocycles. The average molecular weight is 401 g/mol. The molecule has 0 spiro atoms. The summed E-state index contributed by atoms with van der Waals surface area (Å²) in [6.45, 7) is 2.45. The Hall–Kier alpha value is -1.73. The van der Waals surface area contributed by atoms with Gasteiger partial charge < -0.3 is 0 Å². The predicted octanol–water partition coefficient (Wildman–Crippen LogP) is 4.41. The van der Waals surface area contributed by atoms with Gasteiger partial charge in [0.2, 0.25) is 10.0 Å². The number of hydrogen-bond acceptors (Lipinski definition) is 4. The van der Waals surface area contributed by atoms with Crippen molar-refractivity contribution in [3.63, 3.8) is 0 Å². The molecule has 1 aliphatic heterocycles. The van der Waals surface area contributed by atoms with Crippen molar-refractivity contribution in [3.05, 3.63) is 64.9 Å². The Balaban J connectivity index is 1.54. The second-order valence-corrected chi connectivity index (χ2v) is 9.58. The van der Waals surface area contributed by atoms with Crippen molar-refractivity contribution in [3.8, 4) is 0 Å². The summed E-state index contributed by atoms with van der Waals surface area (Å²) in [4.78, 5) is 2.73. The summed E-state index contributed by atoms with van der Waals surface area (Å²) in [6, 6.07) is 15.3. The highest BCUT2D eigenvalue weighted by atomic mass is 32.2. The molecule has 1 atom stereocenters. The summed E-state index contributed by atoms with van der Waals surface area (Å²) >= 11 is 1.66. The van der Waals surface area contributed by atoms with Crippen LogP contribution in [0.3, 0.4) is 0 Å². The third-order valence-corrected chi connectivity index (χ3v) is 7.38. The van der Waals surface area contributed by atoms with Gasteiger partial charge in [-0.15, -0.1) is 0 Å². The van der Waals surface area contributed by atoms with Gasteiger partial charge in [-0.1, -0.05) is 36.8 Å². The van der Waals surface area contributed by atoms with Gasteiger partial charge in [-0.2, -0.15) is 11.3 Å². The maximum Gasteiger partial charge on any atom is 0.240 e. The lowest BCUT2D eigenvalue weighted by Gasteiger charge is -2.34. The van der Waals surface area contributed by atoms with Gasteiger partial charge in [-0.25, -0.2) is 13.1 Å². The highest BCUT2D eigenvalue weighted by molar-refractivity contribution is 7.89. The van der Waals surface area contributed by atoms with Crippen LogP contribution in [-0.4, -0.2) is 33.0 Å². The molecule has 4 nitrogen and oxygen atoms in total. The summed E-state index contributed by atoms with van der Waals surface area (Å²) in [6.07, 6.45) is 3.62. The molecule has 1 unspecified atom stereocenters. The van der Waals surface area contributed by atoms with Crippen molar-refractivity contribution in [2.24, 2.45) is 0 Å². The number of nitrogens with zero attached hydrogens (tertiary/aromatic N) is 1. The van der Waals surface area contributed by atoms with Crippen LogP contribution in [-0.2, 0) is 10.0 Å². The van der Waals surface area contributed by atoms with Crippen molar-refractivity contribution in [2.75, 3.05) is 19.6 Å². The molecule has 0 bridgehead atoms. The molecule has 142 valence electrons. The van der Waals surface area contributed by atoms with Crippen molar-refractivity contribution >= 4 is 32.1 Å². The molecule has 1 aliphatic rings. The Morgan fingerprint density at radius 2 is 1.78 bits per heavy atom. The molecule has 0 radical (unpaired) electrons. The van der Waals surface area contributed by atoms with Crippen molar-refractivity contribution < 1.29 is 8.42 Å². The Bertz CT molecular complexity index is 994. The molecule has 2 aromatic carbocycles. The Morgan fingerprint density at radius 1 is 1.00 bits per heavy atom. The Morgan fingerprint density at radius 3 is 2.52 bits per heavy atom. The van der Waals surface area contributed by atoms with E-state index in [2.05, 4.69) is 26.4 Å². The minimum atomic E-state index is -3.55. The highest BCUT2D eigenvalue weighted by Crippen LogP contribution is 2.26. The number of thiophene rings is 1. The molecule has 6 heteroatoms. The number of likely N-dealkylation sites (tertiary alicyclic amines) is 1. The molecule has 27 heavy (non-hydrogen) atoms. The maximum atomic E-state index is 12.9. The van der Waals surface area contributed by atoms with E-state index in [0.29, 0.717) is 11.4 Å². The van der Waals surface area contributed by atoms with Gasteiger partial charge >= 0.3 is 0 Å². The normalized spacial score (nSPS) is 17.2. The number of nitrogens with one attached hydrogen (secondary N) is 1. The molecule has 1 aromatic heterocycles. The molecule has 1 N–H and O–H groups in total. The van der Waals surface area contributed by atoms with Crippen LogP contribution in [0.5, 0.6) is 0 Å². The zero-order valence-corrected chi connectivity index (χ0v) is 16.8. The number of hydrogen-bond donors (Lipinski definition) is 1. The van der Waals surface area contributed by atoms with E-state index in [0.717, 1.165) is 23.9 Å². The summed E-state index contributed by atoms with van der Waals surface area (Å²) in [5, 5.41) is 6.17. The topological polar surface area (TPSA) is 49.4 Å². The second kappa shape index (κ2) is 8.10. The molecule has 1 saturated heterocycles. The third-order valence-electron chi connectivity index (χ3n) is 5.26. The van der Waals surface area contributed by atoms with E-state index in [9.17, 15) is 8.42 Å². The van der Waals surface area contributed by atoms with Gasteiger partial charge in [0, 0.05) is 12.6 Å². The van der Waals surface area contributed by atoms with E-state index >= 15 is 0 Å². The first-order valence-electron chi connectivity index (χ1n) is 9.38. The first kappa shape index (κ1) is 18.6. The van der Waals surface area contributed by atoms with Gasteiger partial charge in [0.05, 0.1) is 4.90 Å². The van der Waals surface area contributed by atoms with Gasteiger partial charge in [0.1, 0.15) is 0 Å². The predicted molar refractivity (Wildman–Crippen MR) is 112 cm³/mol. The summed E-state index contributed by atoms with van der Waals surface area (Å²) in [7, 11) is -3.55. The van der Waals surface area contributed by atoms with Crippen LogP contribution in [0.25, 0.3) is 10.8 Å². The van der Waals surface area contributed by atoms with E-state index < -0.39 is 10.0 Å². The van der Waals surface area contributed by atoms with Gasteiger partial charge in [0.25, 0.3) is 0 Å². The SMILES string of the molecule is O=S(=O)(NCC(c1ccsc1)N1CCCCC1)c1ccc2ccccc2c1. The number of sulfonamides is 1. The molecule has 1 fully saturated rings. The van der Waals surface area contributed by atoms with Crippen LogP contribution >= 0.6 is 11.3 Å². The van der Waals surface area contributed by atoms with Gasteiger partial charge in [-0.05, 0) is 71.2 Å². The van der Waals surface area contributed by atoms with Crippen LogP contribution < -0.4 is 4.72 Å². The second-order valence-electron chi connectivity index (χ2n) is 7.03. The number of piperidine rings is 1. The van der Waals surface area contributed by atoms with E-state index in [1.807, 2.05) is 30.3 Å². The largest absolute Gasteiger partial charge is 0.295 e. The summed E-state index contributed by atoms with van der Waals surface area (Å²) < 4.78 is 28.7. The molecule has 4 rings (SSSR count). The molecule has 2 heterocycles. The minimum absolute atomic E-state index is 0.0896. The van der Waals surface area contributed by atoms with Crippen LogP contribution in [0, 0.1) is 0 Å². The average Bonchev–Trinajstić information content (AvgIpc) is 3.23. The van der Waals surface area contributed by atoms with E-state index in [1.165, 1.54) is 24.8 Å². The Labute approximate surface area is 164 Å². The minimum Gasteiger partial charge on any atom is -0.295 e. The first-order chi connectivity index (χ1) is 13.1. The standard InChI is InChI=1S/C21H24N2O2S2/c24-27(25,20-9-8-17-6-2-3-7-18(17)14-20)22-15-21(19-10-13-26-16-19)23-11-4-1-5-12-23/h2-3,6-10,13-14,16,21-22H,1,4-5,11-12,15H2. The van der Waals surface area contributed by atoms with Gasteiger partial charge in [0.15, 0.2) is 0 Å². The summed E-state index contributed by atoms with van der Waals surface area (Å²) in [5.41, 5.74) is 1.20. The molecule has 0 amide bonds. The van der Waals surface area contributed by atoms with Crippen molar-refractivity contribution in [1.82, 2.24) is 9.62 Å². The fraction of sp³-hybridized carbons (Fsp3) is 0.333. The first-order valence-corrected chi connectivity index (χ1v) is 11.8. The van der Waals surface area contributed by atoms with Crippen molar-refractivity contribution in [2.45, 2.75) is 30.2 Å². The quantitative estimate of drug-likeness (QED) is 0.667. The fourth-order valence-electron chi connectivity index (χ4n) is 3.76. The van der Waals surface area contributed by atoms with Crippen LogP contribution in [0.1, 0.15) is 30.9 Å². The molecule has 3 aromatic rings. The third kappa shape index (κ3) is 4.24. The zero-order valence-electron chi connectivity index (χ0n) is 15.2. The molecular formula is C21H24N2O2S2. The van der Waals surface area contributed by atoms with E-state index in [-0.39, 0.29) is 6.04 Å². The lowest BCUT2D eigenvalue weighted by molar-refractivity contribution is 0.165. The maximum absolute atomic E-state index is 12.9. The monoisotopic (exact) mass is 400 g/mol. The van der Waals surface area contributed by atoms with Crippen LogP contribution in [0.2, 0.25) is 0 Å². The van der Waals surface area contributed by atoms with Crippen LogP contribution in [0.15, 0.2) is 64.2 Å². The fourth-order valence-corrected chi connectivity index (χ4v) is 5.54. The molecular weight excluding hydrogens is 376 g/mol. The zero-order chi connectivity index (χ0) is 18.7. The van der Waals surface area contributed by atoms with Crippen LogP contribution in [0.4, 0.5) is 0 Å². The smallest absolute Gasteiger partial charge is 0.240 e. The van der Waals surface area contributed by atoms with Gasteiger partial charge in [-0.3, -0.25) is 4.90 Å². The highest BCUT2D eigenvalue weighted by Gasteiger charge is 2.25. The lowest BCUT2D eigenvalue weighted by Crippen LogP contribution is -2.40. The number of rotatable bonds is 6. The van der Waals surface area contributed by atoms with E-state index in [4.69, 9.17) is 0 Å². The number of benzene rings is 2. The number of fused-ring (bicyclic) bond motifs is 1. The van der Waals surface area contributed by atoms with E-state index in [1.54, 1.807) is 23.5 Å². The molecule has 0 aliphatic carbocycles. The Kier molecular flexibility index (Phi) is 5.59. The summed E-state index contributed by atoms with van der Waals surface area (Å²) in [5.74, 6) is 0.